The highest BCUT2D eigenvalue weighted by atomic mass is 32.1. The standard InChI is InChI=1S/C9H14N2O2S/c1-5-2-3-6(10)8(11-5)9(13)7(12)4-14/h2-3,7,9,12-14H,4,10H2,1H3. The maximum Gasteiger partial charge on any atom is 0.125 e. The molecule has 0 aromatic carbocycles. The lowest BCUT2D eigenvalue weighted by molar-refractivity contribution is 0.0314. The van der Waals surface area contributed by atoms with E-state index in [1.807, 2.05) is 0 Å². The number of pyridine rings is 1. The molecule has 2 atom stereocenters. The third-order valence-corrected chi connectivity index (χ3v) is 2.30. The van der Waals surface area contributed by atoms with E-state index in [2.05, 4.69) is 17.6 Å². The van der Waals surface area contributed by atoms with Crippen molar-refractivity contribution in [3.05, 3.63) is 23.5 Å². The van der Waals surface area contributed by atoms with E-state index in [1.54, 1.807) is 19.1 Å². The molecule has 1 aromatic heterocycles. The average Bonchev–Trinajstić information content (AvgIpc) is 2.19. The van der Waals surface area contributed by atoms with Gasteiger partial charge in [0.15, 0.2) is 0 Å². The van der Waals surface area contributed by atoms with Gasteiger partial charge in [0.05, 0.1) is 17.5 Å². The monoisotopic (exact) mass is 214 g/mol. The van der Waals surface area contributed by atoms with Gasteiger partial charge in [0, 0.05) is 11.4 Å². The molecule has 4 N–H and O–H groups in total. The van der Waals surface area contributed by atoms with Crippen molar-refractivity contribution >= 4 is 18.3 Å². The Morgan fingerprint density at radius 2 is 2.14 bits per heavy atom. The SMILES string of the molecule is Cc1ccc(N)c(C(O)C(O)CS)n1. The first-order valence-corrected chi connectivity index (χ1v) is 4.89. The van der Waals surface area contributed by atoms with Gasteiger partial charge < -0.3 is 15.9 Å². The number of hydrogen-bond acceptors (Lipinski definition) is 5. The molecule has 2 unspecified atom stereocenters. The number of thiol groups is 1. The quantitative estimate of drug-likeness (QED) is 0.546. The molecule has 0 amide bonds. The maximum absolute atomic E-state index is 9.65. The van der Waals surface area contributed by atoms with Crippen LogP contribution in [0.3, 0.4) is 0 Å². The van der Waals surface area contributed by atoms with E-state index in [-0.39, 0.29) is 5.75 Å². The topological polar surface area (TPSA) is 79.4 Å². The number of aliphatic hydroxyl groups excluding tert-OH is 2. The van der Waals surface area contributed by atoms with Gasteiger partial charge in [-0.1, -0.05) is 0 Å². The second kappa shape index (κ2) is 4.63. The molecule has 1 heterocycles. The fourth-order valence-corrected chi connectivity index (χ4v) is 1.31. The molecule has 0 saturated carbocycles. The molecule has 0 aliphatic heterocycles. The van der Waals surface area contributed by atoms with Gasteiger partial charge in [-0.05, 0) is 19.1 Å². The number of nitrogens with zero attached hydrogens (tertiary/aromatic N) is 1. The summed E-state index contributed by atoms with van der Waals surface area (Å²) in [6.45, 7) is 1.79. The summed E-state index contributed by atoms with van der Waals surface area (Å²) in [5, 5.41) is 19.0. The molecule has 4 nitrogen and oxygen atoms in total. The average molecular weight is 214 g/mol. The van der Waals surface area contributed by atoms with Gasteiger partial charge in [0.2, 0.25) is 0 Å². The summed E-state index contributed by atoms with van der Waals surface area (Å²) in [7, 11) is 0. The molecule has 0 aliphatic carbocycles. The third kappa shape index (κ3) is 2.37. The smallest absolute Gasteiger partial charge is 0.125 e. The predicted octanol–water partition coefficient (Wildman–Crippen LogP) is 0.296. The molecule has 0 radical (unpaired) electrons. The highest BCUT2D eigenvalue weighted by molar-refractivity contribution is 7.80. The molecule has 1 rings (SSSR count). The first kappa shape index (κ1) is 11.3. The van der Waals surface area contributed by atoms with Crippen LogP contribution in [-0.4, -0.2) is 27.1 Å². The van der Waals surface area contributed by atoms with E-state index < -0.39 is 12.2 Å². The van der Waals surface area contributed by atoms with Crippen LogP contribution in [0.15, 0.2) is 12.1 Å². The molecular weight excluding hydrogens is 200 g/mol. The van der Waals surface area contributed by atoms with Crippen molar-refractivity contribution in [1.29, 1.82) is 0 Å². The minimum Gasteiger partial charge on any atom is -0.397 e. The number of aromatic nitrogens is 1. The van der Waals surface area contributed by atoms with E-state index in [1.165, 1.54) is 0 Å². The van der Waals surface area contributed by atoms with Gasteiger partial charge >= 0.3 is 0 Å². The van der Waals surface area contributed by atoms with Crippen LogP contribution >= 0.6 is 12.6 Å². The molecular formula is C9H14N2O2S. The summed E-state index contributed by atoms with van der Waals surface area (Å²) in [4.78, 5) is 4.07. The van der Waals surface area contributed by atoms with Crippen LogP contribution in [0.1, 0.15) is 17.5 Å². The number of rotatable bonds is 3. The Labute approximate surface area is 88.2 Å². The molecule has 0 aliphatic rings. The lowest BCUT2D eigenvalue weighted by atomic mass is 10.1. The van der Waals surface area contributed by atoms with Gasteiger partial charge in [0.25, 0.3) is 0 Å². The normalized spacial score (nSPS) is 15.1. The Hall–Kier alpha value is -0.780. The summed E-state index contributed by atoms with van der Waals surface area (Å²) in [6, 6.07) is 3.41. The molecule has 0 fully saturated rings. The highest BCUT2D eigenvalue weighted by Crippen LogP contribution is 2.21. The minimum absolute atomic E-state index is 0.163. The molecule has 5 heteroatoms. The number of aryl methyl sites for hydroxylation is 1. The second-order valence-corrected chi connectivity index (χ2v) is 3.49. The largest absolute Gasteiger partial charge is 0.397 e. The molecule has 78 valence electrons. The second-order valence-electron chi connectivity index (χ2n) is 3.12. The van der Waals surface area contributed by atoms with Gasteiger partial charge in [-0.25, -0.2) is 0 Å². The summed E-state index contributed by atoms with van der Waals surface area (Å²) < 4.78 is 0. The predicted molar refractivity (Wildman–Crippen MR) is 58.2 cm³/mol. The zero-order valence-corrected chi connectivity index (χ0v) is 8.78. The van der Waals surface area contributed by atoms with Crippen molar-refractivity contribution in [2.24, 2.45) is 0 Å². The molecule has 14 heavy (non-hydrogen) atoms. The Morgan fingerprint density at radius 3 is 2.71 bits per heavy atom. The van der Waals surface area contributed by atoms with Gasteiger partial charge in [0.1, 0.15) is 6.10 Å². The van der Waals surface area contributed by atoms with E-state index in [4.69, 9.17) is 5.73 Å². The molecule has 0 saturated heterocycles. The number of nitrogen functional groups attached to an aromatic ring is 1. The number of hydrogen-bond donors (Lipinski definition) is 4. The first-order valence-electron chi connectivity index (χ1n) is 4.26. The summed E-state index contributed by atoms with van der Waals surface area (Å²) >= 11 is 3.89. The van der Waals surface area contributed by atoms with E-state index in [0.29, 0.717) is 11.4 Å². The fourth-order valence-electron chi connectivity index (χ4n) is 1.11. The Bertz CT molecular complexity index is 320. The van der Waals surface area contributed by atoms with E-state index in [0.717, 1.165) is 5.69 Å². The Morgan fingerprint density at radius 1 is 1.50 bits per heavy atom. The van der Waals surface area contributed by atoms with Gasteiger partial charge in [-0.15, -0.1) is 0 Å². The minimum atomic E-state index is -1.08. The van der Waals surface area contributed by atoms with Crippen LogP contribution in [0.2, 0.25) is 0 Å². The van der Waals surface area contributed by atoms with Crippen molar-refractivity contribution in [3.63, 3.8) is 0 Å². The van der Waals surface area contributed by atoms with Crippen LogP contribution in [-0.2, 0) is 0 Å². The lowest BCUT2D eigenvalue weighted by Crippen LogP contribution is -2.22. The molecule has 1 aromatic rings. The summed E-state index contributed by atoms with van der Waals surface area (Å²) in [5.41, 5.74) is 7.06. The van der Waals surface area contributed by atoms with Gasteiger partial charge in [-0.2, -0.15) is 12.6 Å². The van der Waals surface area contributed by atoms with Crippen LogP contribution in [0.4, 0.5) is 5.69 Å². The zero-order valence-electron chi connectivity index (χ0n) is 7.88. The summed E-state index contributed by atoms with van der Waals surface area (Å²) in [6.07, 6.45) is -2.03. The van der Waals surface area contributed by atoms with Crippen LogP contribution < -0.4 is 5.73 Å². The van der Waals surface area contributed by atoms with Crippen molar-refractivity contribution in [2.45, 2.75) is 19.1 Å². The first-order chi connectivity index (χ1) is 6.56. The van der Waals surface area contributed by atoms with Crippen LogP contribution in [0.5, 0.6) is 0 Å². The number of aliphatic hydroxyl groups is 2. The number of nitrogens with two attached hydrogens (primary N) is 1. The summed E-state index contributed by atoms with van der Waals surface area (Å²) in [5.74, 6) is 0.163. The Kier molecular flexibility index (Phi) is 3.74. The van der Waals surface area contributed by atoms with Crippen molar-refractivity contribution < 1.29 is 10.2 Å². The maximum atomic E-state index is 9.65. The van der Waals surface area contributed by atoms with Crippen molar-refractivity contribution in [2.75, 3.05) is 11.5 Å². The fraction of sp³-hybridized carbons (Fsp3) is 0.444. The van der Waals surface area contributed by atoms with Gasteiger partial charge in [-0.3, -0.25) is 4.98 Å². The van der Waals surface area contributed by atoms with E-state index >= 15 is 0 Å². The lowest BCUT2D eigenvalue weighted by Gasteiger charge is -2.17. The molecule has 0 bridgehead atoms. The van der Waals surface area contributed by atoms with Crippen molar-refractivity contribution in [1.82, 2.24) is 4.98 Å². The Balaban J connectivity index is 2.99. The van der Waals surface area contributed by atoms with E-state index in [9.17, 15) is 10.2 Å². The zero-order chi connectivity index (χ0) is 10.7. The van der Waals surface area contributed by atoms with Crippen LogP contribution in [0.25, 0.3) is 0 Å². The highest BCUT2D eigenvalue weighted by Gasteiger charge is 2.20. The van der Waals surface area contributed by atoms with Crippen molar-refractivity contribution in [3.8, 4) is 0 Å². The van der Waals surface area contributed by atoms with Crippen LogP contribution in [0, 0.1) is 6.92 Å². The number of anilines is 1. The third-order valence-electron chi connectivity index (χ3n) is 1.93. The molecule has 0 spiro atoms.